The molecule has 0 aromatic heterocycles. The monoisotopic (exact) mass is 508 g/mol. The van der Waals surface area contributed by atoms with Crippen molar-refractivity contribution in [2.45, 2.75) is 63.7 Å². The van der Waals surface area contributed by atoms with Crippen LogP contribution in [0.15, 0.2) is 60.7 Å². The molecule has 1 saturated heterocycles. The van der Waals surface area contributed by atoms with Crippen molar-refractivity contribution in [1.29, 1.82) is 0 Å². The van der Waals surface area contributed by atoms with Crippen molar-refractivity contribution < 1.29 is 24.3 Å². The van der Waals surface area contributed by atoms with Crippen LogP contribution in [0.4, 0.5) is 0 Å². The lowest BCUT2D eigenvalue weighted by Gasteiger charge is -2.30. The predicted octanol–water partition coefficient (Wildman–Crippen LogP) is 1.50. The van der Waals surface area contributed by atoms with Crippen LogP contribution in [-0.4, -0.2) is 64.4 Å². The largest absolute Gasteiger partial charge is 0.480 e. The maximum absolute atomic E-state index is 13.7. The number of benzene rings is 2. The van der Waals surface area contributed by atoms with Gasteiger partial charge in [-0.25, -0.2) is 4.79 Å². The first-order valence-electron chi connectivity index (χ1n) is 12.6. The maximum atomic E-state index is 13.7. The molecule has 9 heteroatoms. The molecule has 9 nitrogen and oxygen atoms in total. The molecular weight excluding hydrogens is 472 g/mol. The Hall–Kier alpha value is -3.72. The van der Waals surface area contributed by atoms with Gasteiger partial charge in [-0.1, -0.05) is 74.5 Å². The maximum Gasteiger partial charge on any atom is 0.326 e. The molecule has 1 heterocycles. The highest BCUT2D eigenvalue weighted by atomic mass is 16.4. The van der Waals surface area contributed by atoms with Crippen LogP contribution in [0.1, 0.15) is 37.8 Å². The summed E-state index contributed by atoms with van der Waals surface area (Å²) in [7, 11) is 0. The van der Waals surface area contributed by atoms with Crippen molar-refractivity contribution in [2.24, 2.45) is 11.7 Å². The van der Waals surface area contributed by atoms with Gasteiger partial charge < -0.3 is 26.4 Å². The summed E-state index contributed by atoms with van der Waals surface area (Å²) in [6, 6.07) is 15.0. The lowest BCUT2D eigenvalue weighted by molar-refractivity contribution is -0.145. The molecular formula is C28H36N4O5. The van der Waals surface area contributed by atoms with Gasteiger partial charge in [-0.15, -0.1) is 0 Å². The molecule has 0 bridgehead atoms. The number of carboxylic acid groups (broad SMARTS) is 1. The lowest BCUT2D eigenvalue weighted by Crippen LogP contribution is -2.58. The molecule has 0 spiro atoms. The summed E-state index contributed by atoms with van der Waals surface area (Å²) in [4.78, 5) is 52.8. The topological polar surface area (TPSA) is 142 Å². The van der Waals surface area contributed by atoms with Crippen LogP contribution in [-0.2, 0) is 32.0 Å². The highest BCUT2D eigenvalue weighted by Gasteiger charge is 2.39. The first-order valence-corrected chi connectivity index (χ1v) is 12.6. The number of rotatable bonds is 11. The molecule has 1 aliphatic rings. The van der Waals surface area contributed by atoms with Crippen LogP contribution < -0.4 is 16.4 Å². The van der Waals surface area contributed by atoms with Gasteiger partial charge in [0.05, 0.1) is 6.04 Å². The number of nitrogens with two attached hydrogens (primary N) is 1. The third-order valence-corrected chi connectivity index (χ3v) is 6.60. The Kier molecular flexibility index (Phi) is 9.79. The minimum absolute atomic E-state index is 0.234. The summed E-state index contributed by atoms with van der Waals surface area (Å²) in [5, 5.41) is 14.9. The van der Waals surface area contributed by atoms with E-state index in [1.165, 1.54) is 4.90 Å². The average molecular weight is 509 g/mol. The molecule has 0 aliphatic carbocycles. The number of hydrogen-bond acceptors (Lipinski definition) is 5. The number of amides is 3. The van der Waals surface area contributed by atoms with E-state index in [9.17, 15) is 24.3 Å². The quantitative estimate of drug-likeness (QED) is 0.362. The van der Waals surface area contributed by atoms with E-state index in [4.69, 9.17) is 5.73 Å². The fourth-order valence-electron chi connectivity index (χ4n) is 4.56. The highest BCUT2D eigenvalue weighted by molar-refractivity contribution is 5.94. The Bertz CT molecular complexity index is 1080. The van der Waals surface area contributed by atoms with E-state index in [-0.39, 0.29) is 12.3 Å². The molecule has 0 saturated carbocycles. The van der Waals surface area contributed by atoms with Crippen LogP contribution >= 0.6 is 0 Å². The number of hydrogen-bond donors (Lipinski definition) is 4. The number of nitrogens with zero attached hydrogens (tertiary/aromatic N) is 1. The number of carbonyl (C=O) groups is 4. The molecule has 0 radical (unpaired) electrons. The molecule has 1 fully saturated rings. The molecule has 1 aliphatic heterocycles. The fraction of sp³-hybridized carbons (Fsp3) is 0.429. The van der Waals surface area contributed by atoms with Crippen molar-refractivity contribution in [2.75, 3.05) is 6.54 Å². The molecule has 2 aromatic rings. The van der Waals surface area contributed by atoms with E-state index in [0.717, 1.165) is 11.1 Å². The van der Waals surface area contributed by atoms with Gasteiger partial charge in [0.2, 0.25) is 17.7 Å². The number of carbonyl (C=O) groups excluding carboxylic acids is 3. The van der Waals surface area contributed by atoms with Gasteiger partial charge in [-0.3, -0.25) is 14.4 Å². The molecule has 4 unspecified atom stereocenters. The number of nitrogens with one attached hydrogen (secondary N) is 2. The second-order valence-electron chi connectivity index (χ2n) is 9.81. The number of likely N-dealkylation sites (tertiary alicyclic amines) is 1. The molecule has 37 heavy (non-hydrogen) atoms. The first-order chi connectivity index (χ1) is 17.7. The Balaban J connectivity index is 1.76. The molecule has 198 valence electrons. The number of aliphatic carboxylic acids is 1. The Morgan fingerprint density at radius 1 is 0.946 bits per heavy atom. The van der Waals surface area contributed by atoms with Crippen LogP contribution in [0, 0.1) is 5.92 Å². The second kappa shape index (κ2) is 13.0. The van der Waals surface area contributed by atoms with Gasteiger partial charge in [0.25, 0.3) is 0 Å². The van der Waals surface area contributed by atoms with E-state index >= 15 is 0 Å². The third kappa shape index (κ3) is 7.63. The van der Waals surface area contributed by atoms with Crippen molar-refractivity contribution in [3.63, 3.8) is 0 Å². The van der Waals surface area contributed by atoms with Gasteiger partial charge in [-0.2, -0.15) is 0 Å². The van der Waals surface area contributed by atoms with Crippen LogP contribution in [0.5, 0.6) is 0 Å². The van der Waals surface area contributed by atoms with E-state index in [0.29, 0.717) is 25.8 Å². The predicted molar refractivity (Wildman–Crippen MR) is 139 cm³/mol. The first kappa shape index (κ1) is 27.9. The summed E-state index contributed by atoms with van der Waals surface area (Å²) in [6.45, 7) is 3.76. The third-order valence-electron chi connectivity index (χ3n) is 6.60. The SMILES string of the molecule is CC(C)C(NC(=O)C1CCCN1C(=O)C(Cc1ccccc1)NC(=O)C(N)Cc1ccccc1)C(=O)O. The molecule has 3 rings (SSSR count). The van der Waals surface area contributed by atoms with Gasteiger partial charge in [-0.05, 0) is 36.3 Å². The van der Waals surface area contributed by atoms with Crippen LogP contribution in [0.25, 0.3) is 0 Å². The van der Waals surface area contributed by atoms with E-state index in [1.807, 2.05) is 60.7 Å². The van der Waals surface area contributed by atoms with E-state index in [1.54, 1.807) is 13.8 Å². The Labute approximate surface area is 217 Å². The summed E-state index contributed by atoms with van der Waals surface area (Å²) in [6.07, 6.45) is 1.57. The zero-order valence-electron chi connectivity index (χ0n) is 21.3. The molecule has 5 N–H and O–H groups in total. The van der Waals surface area contributed by atoms with Crippen LogP contribution in [0.3, 0.4) is 0 Å². The minimum Gasteiger partial charge on any atom is -0.480 e. The standard InChI is InChI=1S/C28H36N4O5/c1-18(2)24(28(36)37)31-26(34)23-14-9-15-32(23)27(35)22(17-20-12-7-4-8-13-20)30-25(33)21(29)16-19-10-5-3-6-11-19/h3-8,10-13,18,21-24H,9,14-17,29H2,1-2H3,(H,30,33)(H,31,34)(H,36,37). The van der Waals surface area contributed by atoms with Gasteiger partial charge in [0.1, 0.15) is 18.1 Å². The minimum atomic E-state index is -1.12. The van der Waals surface area contributed by atoms with Crippen molar-refractivity contribution in [1.82, 2.24) is 15.5 Å². The van der Waals surface area contributed by atoms with E-state index < -0.39 is 47.9 Å². The van der Waals surface area contributed by atoms with Crippen molar-refractivity contribution >= 4 is 23.7 Å². The smallest absolute Gasteiger partial charge is 0.326 e. The van der Waals surface area contributed by atoms with Gasteiger partial charge in [0.15, 0.2) is 0 Å². The van der Waals surface area contributed by atoms with Crippen molar-refractivity contribution in [3.05, 3.63) is 71.8 Å². The van der Waals surface area contributed by atoms with E-state index in [2.05, 4.69) is 10.6 Å². The van der Waals surface area contributed by atoms with Gasteiger partial charge >= 0.3 is 5.97 Å². The fourth-order valence-corrected chi connectivity index (χ4v) is 4.56. The molecule has 3 amide bonds. The normalized spacial score (nSPS) is 17.6. The number of carboxylic acids is 1. The zero-order valence-corrected chi connectivity index (χ0v) is 21.3. The zero-order chi connectivity index (χ0) is 26.9. The average Bonchev–Trinajstić information content (AvgIpc) is 3.37. The summed E-state index contributed by atoms with van der Waals surface area (Å²) >= 11 is 0. The summed E-state index contributed by atoms with van der Waals surface area (Å²) < 4.78 is 0. The Morgan fingerprint density at radius 3 is 2.05 bits per heavy atom. The molecule has 4 atom stereocenters. The summed E-state index contributed by atoms with van der Waals surface area (Å²) in [5.41, 5.74) is 7.93. The molecule has 2 aromatic carbocycles. The van der Waals surface area contributed by atoms with Gasteiger partial charge in [0, 0.05) is 13.0 Å². The van der Waals surface area contributed by atoms with Crippen molar-refractivity contribution in [3.8, 4) is 0 Å². The summed E-state index contributed by atoms with van der Waals surface area (Å²) in [5.74, 6) is -2.79. The van der Waals surface area contributed by atoms with Crippen LogP contribution in [0.2, 0.25) is 0 Å². The highest BCUT2D eigenvalue weighted by Crippen LogP contribution is 2.20. The Morgan fingerprint density at radius 2 is 1.51 bits per heavy atom. The second-order valence-corrected chi connectivity index (χ2v) is 9.81. The lowest BCUT2D eigenvalue weighted by atomic mass is 10.0.